The number of rotatable bonds is 8. The molecule has 3 heterocycles. The summed E-state index contributed by atoms with van der Waals surface area (Å²) >= 11 is 0. The molecule has 2 unspecified atom stereocenters. The summed E-state index contributed by atoms with van der Waals surface area (Å²) in [5.41, 5.74) is -9.46. The number of fused-ring (bicyclic) bond motifs is 4. The zero-order valence-electron chi connectivity index (χ0n) is 25.3. The molecule has 9 nitrogen and oxygen atoms in total. The van der Waals surface area contributed by atoms with Crippen molar-refractivity contribution in [3.05, 3.63) is 83.4 Å². The summed E-state index contributed by atoms with van der Waals surface area (Å²) in [6.45, 7) is -1.46. The molecule has 3 atom stereocenters. The predicted molar refractivity (Wildman–Crippen MR) is 157 cm³/mol. The number of pyridine rings is 2. The van der Waals surface area contributed by atoms with Gasteiger partial charge in [-0.15, -0.1) is 0 Å². The van der Waals surface area contributed by atoms with Crippen molar-refractivity contribution in [2.45, 2.75) is 54.3 Å². The average Bonchev–Trinajstić information content (AvgIpc) is 3.98. The molecule has 2 aliphatic carbocycles. The van der Waals surface area contributed by atoms with Gasteiger partial charge in [0, 0.05) is 34.7 Å². The quantitative estimate of drug-likeness (QED) is 0.216. The molecule has 3 N–H and O–H groups in total. The number of hydrogen-bond donors (Lipinski definition) is 3. The second kappa shape index (κ2) is 10.8. The Labute approximate surface area is 272 Å². The van der Waals surface area contributed by atoms with E-state index in [4.69, 9.17) is 9.47 Å². The lowest BCUT2D eigenvalue weighted by molar-refractivity contribution is -0.265. The van der Waals surface area contributed by atoms with Crippen LogP contribution in [0, 0.1) is 5.82 Å². The molecule has 1 aliphatic heterocycles. The molecule has 49 heavy (non-hydrogen) atoms. The minimum atomic E-state index is -5.49. The van der Waals surface area contributed by atoms with E-state index in [1.165, 1.54) is 37.6 Å². The molecular weight excluding hydrogens is 665 g/mol. The largest absolute Gasteiger partial charge is 0.494 e. The Kier molecular flexibility index (Phi) is 7.14. The summed E-state index contributed by atoms with van der Waals surface area (Å²) < 4.78 is 111. The smallest absolute Gasteiger partial charge is 0.424 e. The molecule has 16 heteroatoms. The van der Waals surface area contributed by atoms with E-state index < -0.39 is 64.9 Å². The number of carbonyl (C=O) groups excluding carboxylic acids is 2. The lowest BCUT2D eigenvalue weighted by Gasteiger charge is -2.31. The van der Waals surface area contributed by atoms with Gasteiger partial charge in [0.2, 0.25) is 11.5 Å². The lowest BCUT2D eigenvalue weighted by Crippen LogP contribution is -2.52. The highest BCUT2D eigenvalue weighted by molar-refractivity contribution is 6.00. The summed E-state index contributed by atoms with van der Waals surface area (Å²) in [6.07, 6.45) is -10.7. The monoisotopic (exact) mass is 690 g/mol. The van der Waals surface area contributed by atoms with E-state index in [-0.39, 0.29) is 53.1 Å². The molecule has 2 saturated carbocycles. The highest BCUT2D eigenvalue weighted by Gasteiger charge is 2.73. The number of alkyl halides is 6. The summed E-state index contributed by atoms with van der Waals surface area (Å²) in [5.74, 6) is -2.83. The number of nitrogens with zero attached hydrogens (tertiary/aromatic N) is 2. The second-order valence-corrected chi connectivity index (χ2v) is 12.3. The molecule has 2 fully saturated rings. The van der Waals surface area contributed by atoms with Gasteiger partial charge in [-0.25, -0.2) is 9.37 Å². The van der Waals surface area contributed by atoms with Crippen LogP contribution in [0.1, 0.15) is 40.9 Å². The maximum atomic E-state index is 14.9. The van der Waals surface area contributed by atoms with Crippen molar-refractivity contribution in [3.63, 3.8) is 0 Å². The molecule has 0 radical (unpaired) electrons. The van der Waals surface area contributed by atoms with Gasteiger partial charge in [-0.1, -0.05) is 6.07 Å². The van der Waals surface area contributed by atoms with Crippen molar-refractivity contribution in [1.82, 2.24) is 20.6 Å². The van der Waals surface area contributed by atoms with Gasteiger partial charge in [0.1, 0.15) is 39.8 Å². The summed E-state index contributed by atoms with van der Waals surface area (Å²) in [5, 5.41) is 16.0. The number of methoxy groups -OCH3 is 1. The Hall–Kier alpha value is -4.99. The number of aromatic nitrogens is 2. The van der Waals surface area contributed by atoms with Gasteiger partial charge in [0.15, 0.2) is 5.75 Å². The van der Waals surface area contributed by atoms with E-state index in [1.807, 2.05) is 5.32 Å². The van der Waals surface area contributed by atoms with Crippen LogP contribution < -0.4 is 20.1 Å². The van der Waals surface area contributed by atoms with E-state index in [9.17, 15) is 45.4 Å². The highest BCUT2D eigenvalue weighted by Crippen LogP contribution is 2.62. The molecule has 2 aromatic carbocycles. The van der Waals surface area contributed by atoms with Crippen molar-refractivity contribution in [2.24, 2.45) is 0 Å². The van der Waals surface area contributed by atoms with E-state index in [1.54, 1.807) is 12.1 Å². The fraction of sp³-hybridized carbons (Fsp3) is 0.333. The van der Waals surface area contributed by atoms with Crippen LogP contribution in [0.25, 0.3) is 22.2 Å². The Bertz CT molecular complexity index is 2020. The standard InChI is InChI=1S/C33H25F7N4O5/c1-48-21-12-18(11-17-3-2-10-41-24(17)21)27(45)42-15-31(47,33(38,39)40)22-13-20-26(25(43-22)16-4-6-19(34)7-5-16)49-23-14-30(20,23)28(46)44-29(8-9-29)32(35,36)37/h2-7,10-13,23,47H,8-9,14-15H2,1H3,(H,42,45)(H,44,46)/t23?,30-,31?/m1/s1. The molecule has 3 aliphatic rings. The minimum absolute atomic E-state index is 0.0377. The lowest BCUT2D eigenvalue weighted by atomic mass is 9.88. The molecule has 2 amide bonds. The Morgan fingerprint density at radius 1 is 1.06 bits per heavy atom. The van der Waals surface area contributed by atoms with Gasteiger partial charge in [0.05, 0.1) is 19.3 Å². The third-order valence-electron chi connectivity index (χ3n) is 9.33. The van der Waals surface area contributed by atoms with Crippen LogP contribution in [0.3, 0.4) is 0 Å². The van der Waals surface area contributed by atoms with Gasteiger partial charge >= 0.3 is 12.4 Å². The van der Waals surface area contributed by atoms with Gasteiger partial charge in [-0.3, -0.25) is 14.6 Å². The topological polar surface area (TPSA) is 123 Å². The van der Waals surface area contributed by atoms with E-state index in [0.29, 0.717) is 10.9 Å². The molecule has 256 valence electrons. The Morgan fingerprint density at radius 2 is 1.78 bits per heavy atom. The van der Waals surface area contributed by atoms with Crippen LogP contribution in [0.15, 0.2) is 60.8 Å². The normalized spacial score (nSPS) is 21.5. The number of carbonyl (C=O) groups is 2. The first-order valence-electron chi connectivity index (χ1n) is 14.9. The zero-order valence-corrected chi connectivity index (χ0v) is 25.3. The van der Waals surface area contributed by atoms with Crippen molar-refractivity contribution >= 4 is 22.7 Å². The van der Waals surface area contributed by atoms with Gasteiger partial charge in [-0.05, 0) is 61.4 Å². The zero-order chi connectivity index (χ0) is 35.1. The molecule has 0 spiro atoms. The number of benzene rings is 2. The van der Waals surface area contributed by atoms with Crippen LogP contribution in [0.2, 0.25) is 0 Å². The number of halogens is 7. The minimum Gasteiger partial charge on any atom is -0.494 e. The predicted octanol–water partition coefficient (Wildman–Crippen LogP) is 5.24. The van der Waals surface area contributed by atoms with Gasteiger partial charge in [0.25, 0.3) is 5.91 Å². The third kappa shape index (κ3) is 5.11. The van der Waals surface area contributed by atoms with Crippen LogP contribution in [0.4, 0.5) is 30.7 Å². The van der Waals surface area contributed by atoms with Gasteiger partial charge < -0.3 is 25.2 Å². The number of hydrogen-bond acceptors (Lipinski definition) is 7. The summed E-state index contributed by atoms with van der Waals surface area (Å²) in [6, 6.07) is 11.0. The Morgan fingerprint density at radius 3 is 2.41 bits per heavy atom. The first-order valence-corrected chi connectivity index (χ1v) is 14.9. The SMILES string of the molecule is COc1cc(C(=O)NCC(O)(c2cc3c(c(-c4ccc(F)cc4)n2)OC2C[C@@]32C(=O)NC2(C(F)(F)F)CC2)C(F)(F)F)cc2cccnc12. The molecule has 7 rings (SSSR count). The molecule has 4 aromatic rings. The number of amides is 2. The average molecular weight is 691 g/mol. The van der Waals surface area contributed by atoms with Gasteiger partial charge in [-0.2, -0.15) is 26.3 Å². The van der Waals surface area contributed by atoms with E-state index in [0.717, 1.165) is 18.2 Å². The maximum Gasteiger partial charge on any atom is 0.424 e. The fourth-order valence-corrected chi connectivity index (χ4v) is 6.19. The van der Waals surface area contributed by atoms with E-state index >= 15 is 0 Å². The van der Waals surface area contributed by atoms with Crippen LogP contribution in [-0.4, -0.2) is 64.5 Å². The van der Waals surface area contributed by atoms with Crippen molar-refractivity contribution in [2.75, 3.05) is 13.7 Å². The first kappa shape index (κ1) is 32.6. The second-order valence-electron chi connectivity index (χ2n) is 12.3. The van der Waals surface area contributed by atoms with E-state index in [2.05, 4.69) is 15.3 Å². The number of ether oxygens (including phenoxy) is 2. The molecule has 0 saturated heterocycles. The van der Waals surface area contributed by atoms with Crippen LogP contribution in [-0.2, 0) is 15.8 Å². The molecular formula is C33H25F7N4O5. The maximum absolute atomic E-state index is 14.9. The van der Waals surface area contributed by atoms with Crippen molar-refractivity contribution in [3.8, 4) is 22.8 Å². The summed E-state index contributed by atoms with van der Waals surface area (Å²) in [4.78, 5) is 35.0. The molecule has 2 aromatic heterocycles. The highest BCUT2D eigenvalue weighted by atomic mass is 19.4. The fourth-order valence-electron chi connectivity index (χ4n) is 6.19. The van der Waals surface area contributed by atoms with Crippen molar-refractivity contribution < 1.29 is 54.9 Å². The number of aliphatic hydroxyl groups is 1. The van der Waals surface area contributed by atoms with Crippen LogP contribution in [0.5, 0.6) is 11.5 Å². The number of nitrogens with one attached hydrogen (secondary N) is 2. The molecule has 0 bridgehead atoms. The van der Waals surface area contributed by atoms with Crippen LogP contribution >= 0.6 is 0 Å². The van der Waals surface area contributed by atoms with Crippen molar-refractivity contribution in [1.29, 1.82) is 0 Å². The summed E-state index contributed by atoms with van der Waals surface area (Å²) in [7, 11) is 1.32. The third-order valence-corrected chi connectivity index (χ3v) is 9.33. The first-order chi connectivity index (χ1) is 23.0. The Balaban J connectivity index is 1.29.